The number of carbonyl (C=O) groups is 2. The molecule has 0 spiro atoms. The zero-order chi connectivity index (χ0) is 11.4. The van der Waals surface area contributed by atoms with Crippen molar-refractivity contribution in [3.63, 3.8) is 0 Å². The number of rotatable bonds is 5. The quantitative estimate of drug-likeness (QED) is 0.677. The molecule has 0 aliphatic carbocycles. The van der Waals surface area contributed by atoms with Crippen molar-refractivity contribution in [1.29, 1.82) is 0 Å². The third-order valence-electron chi connectivity index (χ3n) is 2.92. The maximum Gasteiger partial charge on any atom is 0.308 e. The maximum atomic E-state index is 11.6. The Balaban J connectivity index is 2.62. The highest BCUT2D eigenvalue weighted by Crippen LogP contribution is 2.22. The molecule has 0 aromatic carbocycles. The lowest BCUT2D eigenvalue weighted by Gasteiger charge is -2.26. The van der Waals surface area contributed by atoms with E-state index in [1.165, 1.54) is 0 Å². The predicted octanol–water partition coefficient (Wildman–Crippen LogP) is 0.0469. The van der Waals surface area contributed by atoms with Gasteiger partial charge in [-0.05, 0) is 19.4 Å². The molecule has 1 heterocycles. The summed E-state index contributed by atoms with van der Waals surface area (Å²) in [6.45, 7) is 2.86. The van der Waals surface area contributed by atoms with Crippen LogP contribution in [0.1, 0.15) is 26.2 Å². The third-order valence-corrected chi connectivity index (χ3v) is 2.92. The van der Waals surface area contributed by atoms with Crippen molar-refractivity contribution in [2.24, 2.45) is 11.7 Å². The molecule has 0 saturated carbocycles. The van der Waals surface area contributed by atoms with E-state index in [0.717, 1.165) is 12.8 Å². The Morgan fingerprint density at radius 3 is 2.80 bits per heavy atom. The molecular weight excluding hydrogens is 196 g/mol. The monoisotopic (exact) mass is 214 g/mol. The molecule has 0 aromatic heterocycles. The molecule has 1 fully saturated rings. The Morgan fingerprint density at radius 2 is 2.40 bits per heavy atom. The van der Waals surface area contributed by atoms with E-state index in [0.29, 0.717) is 13.1 Å². The molecule has 3 N–H and O–H groups in total. The number of amides is 1. The molecule has 86 valence electrons. The van der Waals surface area contributed by atoms with Crippen LogP contribution in [0.3, 0.4) is 0 Å². The van der Waals surface area contributed by atoms with Crippen LogP contribution in [0.15, 0.2) is 0 Å². The summed E-state index contributed by atoms with van der Waals surface area (Å²) in [5.41, 5.74) is 5.46. The topological polar surface area (TPSA) is 83.6 Å². The number of carbonyl (C=O) groups excluding carboxylic acids is 1. The Kier molecular flexibility index (Phi) is 4.08. The summed E-state index contributed by atoms with van der Waals surface area (Å²) in [7, 11) is 0. The van der Waals surface area contributed by atoms with Gasteiger partial charge < -0.3 is 15.7 Å². The number of carboxylic acids is 1. The molecule has 0 radical (unpaired) electrons. The van der Waals surface area contributed by atoms with Gasteiger partial charge in [0.25, 0.3) is 0 Å². The number of hydrogen-bond acceptors (Lipinski definition) is 3. The van der Waals surface area contributed by atoms with Gasteiger partial charge in [-0.1, -0.05) is 6.92 Å². The first-order chi connectivity index (χ1) is 7.10. The molecular formula is C10H18N2O3. The zero-order valence-corrected chi connectivity index (χ0v) is 8.98. The Hall–Kier alpha value is -1.10. The van der Waals surface area contributed by atoms with Crippen LogP contribution in [0.25, 0.3) is 0 Å². The summed E-state index contributed by atoms with van der Waals surface area (Å²) in [5, 5.41) is 8.83. The van der Waals surface area contributed by atoms with E-state index >= 15 is 0 Å². The van der Waals surface area contributed by atoms with Crippen LogP contribution in [-0.4, -0.2) is 41.0 Å². The summed E-state index contributed by atoms with van der Waals surface area (Å²) in [6.07, 6.45) is 1.71. The second kappa shape index (κ2) is 5.11. The maximum absolute atomic E-state index is 11.6. The van der Waals surface area contributed by atoms with Gasteiger partial charge >= 0.3 is 5.97 Å². The summed E-state index contributed by atoms with van der Waals surface area (Å²) in [6, 6.07) is 0.104. The SMILES string of the molecule is CCC(CCN)N1CC(C(=O)O)CC1=O. The van der Waals surface area contributed by atoms with Crippen LogP contribution >= 0.6 is 0 Å². The van der Waals surface area contributed by atoms with E-state index in [2.05, 4.69) is 0 Å². The highest BCUT2D eigenvalue weighted by atomic mass is 16.4. The number of nitrogens with zero attached hydrogens (tertiary/aromatic N) is 1. The Morgan fingerprint density at radius 1 is 1.73 bits per heavy atom. The first-order valence-corrected chi connectivity index (χ1v) is 5.32. The van der Waals surface area contributed by atoms with Gasteiger partial charge in [-0.3, -0.25) is 9.59 Å². The standard InChI is InChI=1S/C10H18N2O3/c1-2-8(3-4-11)12-6-7(10(14)15)5-9(12)13/h7-8H,2-6,11H2,1H3,(H,14,15). The van der Waals surface area contributed by atoms with Crippen molar-refractivity contribution < 1.29 is 14.7 Å². The van der Waals surface area contributed by atoms with Crippen LogP contribution in [0.4, 0.5) is 0 Å². The van der Waals surface area contributed by atoms with Crippen molar-refractivity contribution in [3.8, 4) is 0 Å². The first-order valence-electron chi connectivity index (χ1n) is 5.32. The Bertz CT molecular complexity index is 255. The van der Waals surface area contributed by atoms with Gasteiger partial charge in [0.2, 0.25) is 5.91 Å². The summed E-state index contributed by atoms with van der Waals surface area (Å²) >= 11 is 0. The van der Waals surface area contributed by atoms with Crippen LogP contribution < -0.4 is 5.73 Å². The van der Waals surface area contributed by atoms with Crippen molar-refractivity contribution in [2.75, 3.05) is 13.1 Å². The summed E-state index contributed by atoms with van der Waals surface area (Å²) in [4.78, 5) is 24.0. The van der Waals surface area contributed by atoms with Gasteiger partial charge in [0.05, 0.1) is 5.92 Å². The normalized spacial score (nSPS) is 23.2. The molecule has 1 aliphatic rings. The lowest BCUT2D eigenvalue weighted by molar-refractivity contribution is -0.141. The van der Waals surface area contributed by atoms with E-state index in [1.54, 1.807) is 4.90 Å². The van der Waals surface area contributed by atoms with Gasteiger partial charge in [0.1, 0.15) is 0 Å². The van der Waals surface area contributed by atoms with Crippen LogP contribution in [0.2, 0.25) is 0 Å². The lowest BCUT2D eigenvalue weighted by atomic mass is 10.1. The number of hydrogen-bond donors (Lipinski definition) is 2. The van der Waals surface area contributed by atoms with Crippen molar-refractivity contribution >= 4 is 11.9 Å². The molecule has 1 rings (SSSR count). The number of carboxylic acid groups (broad SMARTS) is 1. The zero-order valence-electron chi connectivity index (χ0n) is 8.98. The minimum absolute atomic E-state index is 0.0531. The summed E-state index contributed by atoms with van der Waals surface area (Å²) < 4.78 is 0. The van der Waals surface area contributed by atoms with E-state index in [-0.39, 0.29) is 18.4 Å². The minimum atomic E-state index is -0.881. The van der Waals surface area contributed by atoms with Gasteiger partial charge in [0, 0.05) is 19.0 Å². The Labute approximate surface area is 89.2 Å². The molecule has 5 nitrogen and oxygen atoms in total. The average molecular weight is 214 g/mol. The van der Waals surface area contributed by atoms with Crippen molar-refractivity contribution in [2.45, 2.75) is 32.2 Å². The van der Waals surface area contributed by atoms with Gasteiger partial charge in [0.15, 0.2) is 0 Å². The minimum Gasteiger partial charge on any atom is -0.481 e. The van der Waals surface area contributed by atoms with E-state index in [9.17, 15) is 9.59 Å². The summed E-state index contributed by atoms with van der Waals surface area (Å²) in [5.74, 6) is -1.47. The number of likely N-dealkylation sites (tertiary alicyclic amines) is 1. The third kappa shape index (κ3) is 2.68. The molecule has 5 heteroatoms. The van der Waals surface area contributed by atoms with Crippen molar-refractivity contribution in [1.82, 2.24) is 4.90 Å². The fraction of sp³-hybridized carbons (Fsp3) is 0.800. The lowest BCUT2D eigenvalue weighted by Crippen LogP contribution is -2.38. The van der Waals surface area contributed by atoms with Gasteiger partial charge in [-0.2, -0.15) is 0 Å². The largest absolute Gasteiger partial charge is 0.481 e. The van der Waals surface area contributed by atoms with Crippen molar-refractivity contribution in [3.05, 3.63) is 0 Å². The fourth-order valence-electron chi connectivity index (χ4n) is 2.02. The van der Waals surface area contributed by atoms with E-state index in [4.69, 9.17) is 10.8 Å². The predicted molar refractivity (Wildman–Crippen MR) is 55.2 cm³/mol. The molecule has 1 aliphatic heterocycles. The first kappa shape index (κ1) is 12.0. The van der Waals surface area contributed by atoms with Crippen LogP contribution in [0.5, 0.6) is 0 Å². The van der Waals surface area contributed by atoms with Gasteiger partial charge in [-0.15, -0.1) is 0 Å². The molecule has 1 saturated heterocycles. The van der Waals surface area contributed by atoms with Crippen LogP contribution in [-0.2, 0) is 9.59 Å². The molecule has 2 unspecified atom stereocenters. The van der Waals surface area contributed by atoms with Crippen LogP contribution in [0, 0.1) is 5.92 Å². The fourth-order valence-corrected chi connectivity index (χ4v) is 2.02. The molecule has 15 heavy (non-hydrogen) atoms. The molecule has 0 bridgehead atoms. The highest BCUT2D eigenvalue weighted by molar-refractivity contribution is 5.86. The van der Waals surface area contributed by atoms with E-state index < -0.39 is 11.9 Å². The second-order valence-electron chi connectivity index (χ2n) is 3.92. The highest BCUT2D eigenvalue weighted by Gasteiger charge is 2.36. The van der Waals surface area contributed by atoms with E-state index in [1.807, 2.05) is 6.92 Å². The average Bonchev–Trinajstić information content (AvgIpc) is 2.57. The number of aliphatic carboxylic acids is 1. The molecule has 1 amide bonds. The van der Waals surface area contributed by atoms with Gasteiger partial charge in [-0.25, -0.2) is 0 Å². The number of nitrogens with two attached hydrogens (primary N) is 1. The molecule has 2 atom stereocenters. The molecule has 0 aromatic rings. The smallest absolute Gasteiger partial charge is 0.308 e. The second-order valence-corrected chi connectivity index (χ2v) is 3.92.